The van der Waals surface area contributed by atoms with E-state index in [0.29, 0.717) is 22.7 Å². The lowest BCUT2D eigenvalue weighted by Crippen LogP contribution is -2.03. The first-order valence-corrected chi connectivity index (χ1v) is 2.73. The molecule has 0 amide bonds. The maximum Gasteiger partial charge on any atom is 0.0809 e. The topological polar surface area (TPSA) is 104 Å². The van der Waals surface area contributed by atoms with Gasteiger partial charge in [-0.15, -0.1) is 0 Å². The van der Waals surface area contributed by atoms with Gasteiger partial charge in [-0.1, -0.05) is 0 Å². The Labute approximate surface area is 58.8 Å². The summed E-state index contributed by atoms with van der Waals surface area (Å²) in [4.78, 5) is 0. The monoisotopic (exact) mass is 137 g/mol. The molecular weight excluding hydrogens is 128 g/mol. The van der Waals surface area contributed by atoms with Gasteiger partial charge in [-0.05, 0) is 6.07 Å². The van der Waals surface area contributed by atoms with Crippen LogP contribution in [0, 0.1) is 6.07 Å². The minimum absolute atomic E-state index is 0.306. The third-order valence-corrected chi connectivity index (χ3v) is 1.27. The van der Waals surface area contributed by atoms with Crippen LogP contribution in [0.5, 0.6) is 0 Å². The Hall–Kier alpha value is -1.58. The molecule has 0 aliphatic rings. The van der Waals surface area contributed by atoms with Crippen LogP contribution in [0.4, 0.5) is 22.7 Å². The molecule has 1 rings (SSSR count). The summed E-state index contributed by atoms with van der Waals surface area (Å²) in [6.45, 7) is 0. The van der Waals surface area contributed by atoms with E-state index in [2.05, 4.69) is 6.07 Å². The van der Waals surface area contributed by atoms with Gasteiger partial charge >= 0.3 is 0 Å². The quantitative estimate of drug-likeness (QED) is 0.372. The largest absolute Gasteiger partial charge is 0.397 e. The molecule has 53 valence electrons. The van der Waals surface area contributed by atoms with Gasteiger partial charge in [-0.3, -0.25) is 0 Å². The molecule has 0 spiro atoms. The normalized spacial score (nSPS) is 9.60. The van der Waals surface area contributed by atoms with Crippen LogP contribution in [-0.2, 0) is 0 Å². The molecule has 4 heteroatoms. The van der Waals surface area contributed by atoms with E-state index < -0.39 is 0 Å². The molecule has 1 radical (unpaired) electrons. The summed E-state index contributed by atoms with van der Waals surface area (Å²) in [5, 5.41) is 0. The van der Waals surface area contributed by atoms with Gasteiger partial charge in [-0.2, -0.15) is 0 Å². The molecule has 1 aromatic rings. The van der Waals surface area contributed by atoms with Gasteiger partial charge in [0.25, 0.3) is 0 Å². The summed E-state index contributed by atoms with van der Waals surface area (Å²) in [7, 11) is 0. The Bertz CT molecular complexity index is 229. The van der Waals surface area contributed by atoms with E-state index in [0.717, 1.165) is 0 Å². The second-order valence-electron chi connectivity index (χ2n) is 1.99. The molecule has 4 nitrogen and oxygen atoms in total. The van der Waals surface area contributed by atoms with Crippen molar-refractivity contribution in [3.05, 3.63) is 12.1 Å². The SMILES string of the molecule is Nc1[c]cc(N)c(N)c1N. The van der Waals surface area contributed by atoms with Gasteiger partial charge in [0.05, 0.1) is 22.7 Å². The molecule has 0 saturated carbocycles. The van der Waals surface area contributed by atoms with E-state index in [1.165, 1.54) is 6.07 Å². The summed E-state index contributed by atoms with van der Waals surface area (Å²) in [5.41, 5.74) is 23.0. The molecule has 0 aliphatic carbocycles. The maximum atomic E-state index is 5.43. The number of anilines is 4. The third-order valence-electron chi connectivity index (χ3n) is 1.27. The number of rotatable bonds is 0. The molecule has 8 N–H and O–H groups in total. The minimum Gasteiger partial charge on any atom is -0.397 e. The van der Waals surface area contributed by atoms with E-state index >= 15 is 0 Å². The van der Waals surface area contributed by atoms with Crippen molar-refractivity contribution in [1.29, 1.82) is 0 Å². The lowest BCUT2D eigenvalue weighted by molar-refractivity contribution is 1.62. The van der Waals surface area contributed by atoms with Gasteiger partial charge in [0.1, 0.15) is 0 Å². The highest BCUT2D eigenvalue weighted by Gasteiger charge is 2.01. The van der Waals surface area contributed by atoms with Gasteiger partial charge in [0.15, 0.2) is 0 Å². The minimum atomic E-state index is 0.306. The average Bonchev–Trinajstić information content (AvgIpc) is 1.93. The van der Waals surface area contributed by atoms with Crippen molar-refractivity contribution >= 4 is 22.7 Å². The van der Waals surface area contributed by atoms with Crippen LogP contribution in [-0.4, -0.2) is 0 Å². The van der Waals surface area contributed by atoms with Gasteiger partial charge in [0, 0.05) is 6.07 Å². The zero-order valence-electron chi connectivity index (χ0n) is 5.39. The lowest BCUT2D eigenvalue weighted by atomic mass is 10.2. The van der Waals surface area contributed by atoms with E-state index in [1.54, 1.807) is 0 Å². The van der Waals surface area contributed by atoms with E-state index in [1.807, 2.05) is 0 Å². The van der Waals surface area contributed by atoms with Crippen molar-refractivity contribution in [3.63, 3.8) is 0 Å². The summed E-state index contributed by atoms with van der Waals surface area (Å²) >= 11 is 0. The molecule has 0 bridgehead atoms. The van der Waals surface area contributed by atoms with E-state index in [9.17, 15) is 0 Å². The Kier molecular flexibility index (Phi) is 1.30. The predicted molar refractivity (Wildman–Crippen MR) is 42.9 cm³/mol. The van der Waals surface area contributed by atoms with Crippen LogP contribution in [0.15, 0.2) is 6.07 Å². The number of nitrogens with two attached hydrogens (primary N) is 4. The van der Waals surface area contributed by atoms with Crippen LogP contribution in [0.2, 0.25) is 0 Å². The first-order chi connectivity index (χ1) is 4.63. The number of hydrogen-bond acceptors (Lipinski definition) is 4. The summed E-state index contributed by atoms with van der Waals surface area (Å²) in [6.07, 6.45) is 0. The molecule has 0 unspecified atom stereocenters. The molecule has 0 atom stereocenters. The number of nitrogen functional groups attached to an aromatic ring is 4. The fourth-order valence-electron chi connectivity index (χ4n) is 0.612. The lowest BCUT2D eigenvalue weighted by Gasteiger charge is -2.04. The molecule has 0 aromatic heterocycles. The number of hydrogen-bond donors (Lipinski definition) is 4. The van der Waals surface area contributed by atoms with Gasteiger partial charge in [-0.25, -0.2) is 0 Å². The molecule has 10 heavy (non-hydrogen) atoms. The Morgan fingerprint density at radius 3 is 2.10 bits per heavy atom. The maximum absolute atomic E-state index is 5.43. The second kappa shape index (κ2) is 1.98. The van der Waals surface area contributed by atoms with Crippen LogP contribution < -0.4 is 22.9 Å². The third kappa shape index (κ3) is 0.793. The van der Waals surface area contributed by atoms with Crippen LogP contribution in [0.1, 0.15) is 0 Å². The molecule has 0 aliphatic heterocycles. The predicted octanol–water partition coefficient (Wildman–Crippen LogP) is -0.184. The van der Waals surface area contributed by atoms with Crippen molar-refractivity contribution in [2.45, 2.75) is 0 Å². The first-order valence-electron chi connectivity index (χ1n) is 2.73. The standard InChI is InChI=1S/C6H9N4/c7-3-1-2-4(8)6(10)5(3)9/h1H,7-10H2. The van der Waals surface area contributed by atoms with Crippen molar-refractivity contribution in [1.82, 2.24) is 0 Å². The molecule has 1 aromatic carbocycles. The Morgan fingerprint density at radius 2 is 1.60 bits per heavy atom. The molecule has 0 saturated heterocycles. The second-order valence-corrected chi connectivity index (χ2v) is 1.99. The molecule has 0 fully saturated rings. The fraction of sp³-hybridized carbons (Fsp3) is 0. The highest BCUT2D eigenvalue weighted by atomic mass is 14.8. The summed E-state index contributed by atoms with van der Waals surface area (Å²) in [6, 6.07) is 4.16. The molecule has 0 heterocycles. The van der Waals surface area contributed by atoms with Crippen LogP contribution in [0.3, 0.4) is 0 Å². The van der Waals surface area contributed by atoms with Crippen molar-refractivity contribution < 1.29 is 0 Å². The number of benzene rings is 1. The highest BCUT2D eigenvalue weighted by Crippen LogP contribution is 2.26. The Morgan fingerprint density at radius 1 is 1.00 bits per heavy atom. The average molecular weight is 137 g/mol. The smallest absolute Gasteiger partial charge is 0.0809 e. The van der Waals surface area contributed by atoms with E-state index in [-0.39, 0.29) is 0 Å². The van der Waals surface area contributed by atoms with Gasteiger partial charge < -0.3 is 22.9 Å². The zero-order chi connectivity index (χ0) is 7.72. The van der Waals surface area contributed by atoms with Crippen molar-refractivity contribution in [2.75, 3.05) is 22.9 Å². The fourth-order valence-corrected chi connectivity index (χ4v) is 0.612. The Balaban J connectivity index is 3.34. The van der Waals surface area contributed by atoms with Crippen molar-refractivity contribution in [3.8, 4) is 0 Å². The van der Waals surface area contributed by atoms with Crippen molar-refractivity contribution in [2.24, 2.45) is 0 Å². The first kappa shape index (κ1) is 6.54. The van der Waals surface area contributed by atoms with Crippen LogP contribution in [0.25, 0.3) is 0 Å². The zero-order valence-corrected chi connectivity index (χ0v) is 5.39. The molecular formula is C6H9N4. The van der Waals surface area contributed by atoms with Crippen LogP contribution >= 0.6 is 0 Å². The van der Waals surface area contributed by atoms with E-state index in [4.69, 9.17) is 22.9 Å². The highest BCUT2D eigenvalue weighted by molar-refractivity contribution is 5.85. The summed E-state index contributed by atoms with van der Waals surface area (Å²) < 4.78 is 0. The van der Waals surface area contributed by atoms with Gasteiger partial charge in [0.2, 0.25) is 0 Å². The summed E-state index contributed by atoms with van der Waals surface area (Å²) in [5.74, 6) is 0.